The van der Waals surface area contributed by atoms with Gasteiger partial charge in [0.1, 0.15) is 0 Å². The monoisotopic (exact) mass is 261 g/mol. The third kappa shape index (κ3) is 2.89. The number of aryl methyl sites for hydroxylation is 4. The second-order valence-corrected chi connectivity index (χ2v) is 5.05. The maximum absolute atomic E-state index is 12.0. The molecule has 102 valence electrons. The molecule has 0 aromatic carbocycles. The number of tetrazole rings is 1. The second-order valence-electron chi connectivity index (χ2n) is 5.05. The lowest BCUT2D eigenvalue weighted by atomic mass is 10.1. The third-order valence-electron chi connectivity index (χ3n) is 3.03. The van der Waals surface area contributed by atoms with Gasteiger partial charge in [-0.2, -0.15) is 9.36 Å². The minimum absolute atomic E-state index is 0.0282. The van der Waals surface area contributed by atoms with Crippen molar-refractivity contribution in [1.82, 2.24) is 24.8 Å². The Kier molecular flexibility index (Phi) is 3.78. The smallest absolute Gasteiger partial charge is 0.261 e. The van der Waals surface area contributed by atoms with Crippen molar-refractivity contribution in [1.29, 1.82) is 0 Å². The number of pyridine rings is 1. The zero-order valence-electron chi connectivity index (χ0n) is 11.8. The SMILES string of the molecule is Cc1cnc(CCn2nnn(C(C)C)c2=O)c(C)c1. The Bertz CT molecular complexity index is 626. The summed E-state index contributed by atoms with van der Waals surface area (Å²) in [6.07, 6.45) is 2.53. The van der Waals surface area contributed by atoms with E-state index in [-0.39, 0.29) is 11.7 Å². The van der Waals surface area contributed by atoms with Crippen molar-refractivity contribution >= 4 is 0 Å². The molecule has 0 N–H and O–H groups in total. The van der Waals surface area contributed by atoms with Crippen LogP contribution in [0.2, 0.25) is 0 Å². The molecule has 0 saturated heterocycles. The Labute approximate surface area is 112 Å². The molecule has 0 radical (unpaired) electrons. The van der Waals surface area contributed by atoms with Crippen LogP contribution < -0.4 is 5.69 Å². The standard InChI is InChI=1S/C13H19N5O/c1-9(2)18-13(19)17(15-16-18)6-5-12-11(4)7-10(3)8-14-12/h7-9H,5-6H2,1-4H3. The van der Waals surface area contributed by atoms with E-state index in [0.29, 0.717) is 13.0 Å². The highest BCUT2D eigenvalue weighted by molar-refractivity contribution is 5.23. The Morgan fingerprint density at radius 1 is 1.26 bits per heavy atom. The maximum atomic E-state index is 12.0. The van der Waals surface area contributed by atoms with Gasteiger partial charge >= 0.3 is 5.69 Å². The summed E-state index contributed by atoms with van der Waals surface area (Å²) in [4.78, 5) is 16.3. The van der Waals surface area contributed by atoms with Crippen molar-refractivity contribution in [2.24, 2.45) is 0 Å². The van der Waals surface area contributed by atoms with E-state index in [1.54, 1.807) is 0 Å². The van der Waals surface area contributed by atoms with E-state index >= 15 is 0 Å². The van der Waals surface area contributed by atoms with Crippen molar-refractivity contribution in [2.45, 2.75) is 46.7 Å². The Balaban J connectivity index is 2.13. The first-order chi connectivity index (χ1) is 8.99. The largest absolute Gasteiger partial charge is 0.363 e. The van der Waals surface area contributed by atoms with Crippen molar-refractivity contribution in [3.8, 4) is 0 Å². The van der Waals surface area contributed by atoms with Crippen molar-refractivity contribution in [2.75, 3.05) is 0 Å². The average Bonchev–Trinajstić information content (AvgIpc) is 2.70. The van der Waals surface area contributed by atoms with Crippen LogP contribution in [0.4, 0.5) is 0 Å². The predicted molar refractivity (Wildman–Crippen MR) is 72.1 cm³/mol. The zero-order chi connectivity index (χ0) is 14.0. The summed E-state index contributed by atoms with van der Waals surface area (Å²) < 4.78 is 2.77. The molecule has 19 heavy (non-hydrogen) atoms. The Morgan fingerprint density at radius 2 is 2.00 bits per heavy atom. The lowest BCUT2D eigenvalue weighted by molar-refractivity contribution is 0.499. The van der Waals surface area contributed by atoms with Gasteiger partial charge in [-0.25, -0.2) is 4.79 Å². The topological polar surface area (TPSA) is 65.6 Å². The average molecular weight is 261 g/mol. The van der Waals surface area contributed by atoms with E-state index in [2.05, 4.69) is 21.5 Å². The molecule has 2 aromatic rings. The van der Waals surface area contributed by atoms with E-state index in [0.717, 1.165) is 16.8 Å². The van der Waals surface area contributed by atoms with E-state index < -0.39 is 0 Å². The van der Waals surface area contributed by atoms with E-state index in [1.165, 1.54) is 9.36 Å². The summed E-state index contributed by atoms with van der Waals surface area (Å²) >= 11 is 0. The minimum atomic E-state index is -0.167. The summed E-state index contributed by atoms with van der Waals surface area (Å²) in [5.74, 6) is 0. The van der Waals surface area contributed by atoms with E-state index in [9.17, 15) is 4.79 Å². The molecule has 0 fully saturated rings. The molecule has 6 heteroatoms. The van der Waals surface area contributed by atoms with Crippen LogP contribution in [0.15, 0.2) is 17.1 Å². The van der Waals surface area contributed by atoms with Gasteiger partial charge in [0.25, 0.3) is 0 Å². The molecule has 0 spiro atoms. The highest BCUT2D eigenvalue weighted by Crippen LogP contribution is 2.08. The summed E-state index contributed by atoms with van der Waals surface area (Å²) in [7, 11) is 0. The van der Waals surface area contributed by atoms with Gasteiger partial charge in [-0.05, 0) is 49.2 Å². The number of nitrogens with zero attached hydrogens (tertiary/aromatic N) is 5. The number of aromatic nitrogens is 5. The Hall–Kier alpha value is -1.98. The van der Waals surface area contributed by atoms with Crippen molar-refractivity contribution in [3.05, 3.63) is 39.6 Å². The first-order valence-corrected chi connectivity index (χ1v) is 6.43. The van der Waals surface area contributed by atoms with Crippen molar-refractivity contribution in [3.63, 3.8) is 0 Å². The first kappa shape index (κ1) is 13.5. The fourth-order valence-corrected chi connectivity index (χ4v) is 1.97. The van der Waals surface area contributed by atoms with Crippen molar-refractivity contribution < 1.29 is 0 Å². The van der Waals surface area contributed by atoms with Crippen LogP contribution in [0.3, 0.4) is 0 Å². The van der Waals surface area contributed by atoms with Crippen LogP contribution in [0.5, 0.6) is 0 Å². The van der Waals surface area contributed by atoms with Gasteiger partial charge in [-0.1, -0.05) is 6.07 Å². The number of rotatable bonds is 4. The molecule has 0 aliphatic carbocycles. The molecule has 0 amide bonds. The third-order valence-corrected chi connectivity index (χ3v) is 3.03. The van der Waals surface area contributed by atoms with Crippen LogP contribution in [-0.4, -0.2) is 24.8 Å². The molecular formula is C13H19N5O. The highest BCUT2D eigenvalue weighted by atomic mass is 16.2. The van der Waals surface area contributed by atoms with Gasteiger partial charge < -0.3 is 0 Å². The molecule has 2 heterocycles. The lowest BCUT2D eigenvalue weighted by Gasteiger charge is -2.05. The van der Waals surface area contributed by atoms with Crippen LogP contribution in [-0.2, 0) is 13.0 Å². The molecule has 0 bridgehead atoms. The van der Waals surface area contributed by atoms with Gasteiger partial charge in [0.2, 0.25) is 0 Å². The minimum Gasteiger partial charge on any atom is -0.261 e. The quantitative estimate of drug-likeness (QED) is 0.831. The molecule has 6 nitrogen and oxygen atoms in total. The number of hydrogen-bond acceptors (Lipinski definition) is 4. The Morgan fingerprint density at radius 3 is 2.58 bits per heavy atom. The van der Waals surface area contributed by atoms with Crippen LogP contribution in [0.25, 0.3) is 0 Å². The van der Waals surface area contributed by atoms with E-state index in [4.69, 9.17) is 0 Å². The molecule has 0 unspecified atom stereocenters. The maximum Gasteiger partial charge on any atom is 0.363 e. The van der Waals surface area contributed by atoms with Crippen LogP contribution in [0, 0.1) is 13.8 Å². The normalized spacial score (nSPS) is 11.2. The fourth-order valence-electron chi connectivity index (χ4n) is 1.97. The fraction of sp³-hybridized carbons (Fsp3) is 0.538. The number of hydrogen-bond donors (Lipinski definition) is 0. The molecule has 0 aliphatic heterocycles. The molecule has 0 atom stereocenters. The molecular weight excluding hydrogens is 242 g/mol. The van der Waals surface area contributed by atoms with Gasteiger partial charge in [0.05, 0.1) is 12.6 Å². The first-order valence-electron chi connectivity index (χ1n) is 6.43. The molecule has 2 aromatic heterocycles. The second kappa shape index (κ2) is 5.34. The summed E-state index contributed by atoms with van der Waals surface area (Å²) in [5.41, 5.74) is 3.12. The molecule has 0 saturated carbocycles. The van der Waals surface area contributed by atoms with E-state index in [1.807, 2.05) is 33.9 Å². The summed E-state index contributed by atoms with van der Waals surface area (Å²) in [6.45, 7) is 8.37. The summed E-state index contributed by atoms with van der Waals surface area (Å²) in [5, 5.41) is 7.75. The molecule has 2 rings (SSSR count). The van der Waals surface area contributed by atoms with Crippen LogP contribution in [0.1, 0.15) is 36.7 Å². The zero-order valence-corrected chi connectivity index (χ0v) is 11.8. The van der Waals surface area contributed by atoms with Gasteiger partial charge in [-0.15, -0.1) is 0 Å². The molecule has 0 aliphatic rings. The lowest BCUT2D eigenvalue weighted by Crippen LogP contribution is -2.27. The predicted octanol–water partition coefficient (Wildman–Crippen LogP) is 1.28. The van der Waals surface area contributed by atoms with Gasteiger partial charge in [0.15, 0.2) is 0 Å². The van der Waals surface area contributed by atoms with Gasteiger partial charge in [0, 0.05) is 18.3 Å². The van der Waals surface area contributed by atoms with Gasteiger partial charge in [-0.3, -0.25) is 4.98 Å². The summed E-state index contributed by atoms with van der Waals surface area (Å²) in [6, 6.07) is 2.12. The van der Waals surface area contributed by atoms with Crippen LogP contribution >= 0.6 is 0 Å². The highest BCUT2D eigenvalue weighted by Gasteiger charge is 2.10.